The van der Waals surface area contributed by atoms with Crippen LogP contribution in [0.4, 0.5) is 0 Å². The monoisotopic (exact) mass is 306 g/mol. The van der Waals surface area contributed by atoms with E-state index in [-0.39, 0.29) is 5.97 Å². The highest BCUT2D eigenvalue weighted by Gasteiger charge is 2.19. The molecule has 0 bridgehead atoms. The lowest BCUT2D eigenvalue weighted by Gasteiger charge is -2.06. The first-order chi connectivity index (χ1) is 10.1. The Hall–Kier alpha value is -1.95. The molecule has 0 amide bonds. The summed E-state index contributed by atoms with van der Waals surface area (Å²) in [5.74, 6) is 0.887. The summed E-state index contributed by atoms with van der Waals surface area (Å²) in [6.45, 7) is 4.59. The van der Waals surface area contributed by atoms with Gasteiger partial charge in [0.15, 0.2) is 4.88 Å². The molecule has 1 aromatic heterocycles. The molecule has 2 aromatic rings. The number of ether oxygens (including phenoxy) is 2. The van der Waals surface area contributed by atoms with Gasteiger partial charge in [-0.1, -0.05) is 18.3 Å². The van der Waals surface area contributed by atoms with Gasteiger partial charge in [0, 0.05) is 5.56 Å². The lowest BCUT2D eigenvalue weighted by Crippen LogP contribution is -2.07. The number of hydrogen-bond donors (Lipinski definition) is 0. The van der Waals surface area contributed by atoms with Crippen LogP contribution in [0.3, 0.4) is 0 Å². The number of nitrogens with zero attached hydrogens (tertiary/aromatic N) is 2. The number of aromatic nitrogens is 2. The van der Waals surface area contributed by atoms with Crippen LogP contribution in [0, 0.1) is 5.92 Å². The molecule has 0 saturated heterocycles. The number of rotatable bonds is 6. The molecule has 0 fully saturated rings. The molecule has 0 N–H and O–H groups in total. The van der Waals surface area contributed by atoms with E-state index >= 15 is 0 Å². The van der Waals surface area contributed by atoms with E-state index < -0.39 is 0 Å². The molecule has 0 atom stereocenters. The van der Waals surface area contributed by atoms with Crippen molar-refractivity contribution in [1.29, 1.82) is 0 Å². The Labute approximate surface area is 128 Å². The maximum Gasteiger partial charge on any atom is 0.352 e. The number of carbonyl (C=O) groups excluding carboxylic acids is 1. The van der Waals surface area contributed by atoms with Crippen molar-refractivity contribution in [1.82, 2.24) is 9.59 Å². The molecule has 1 heterocycles. The average molecular weight is 306 g/mol. The third kappa shape index (κ3) is 4.01. The zero-order chi connectivity index (χ0) is 15.2. The van der Waals surface area contributed by atoms with Gasteiger partial charge in [0.1, 0.15) is 11.4 Å². The second kappa shape index (κ2) is 7.17. The summed E-state index contributed by atoms with van der Waals surface area (Å²) in [5, 5.41) is 4.03. The van der Waals surface area contributed by atoms with Crippen molar-refractivity contribution in [2.45, 2.75) is 20.3 Å². The van der Waals surface area contributed by atoms with E-state index in [1.807, 2.05) is 24.3 Å². The maximum absolute atomic E-state index is 12.1. The minimum Gasteiger partial charge on any atom is -0.497 e. The molecule has 112 valence electrons. The van der Waals surface area contributed by atoms with E-state index in [1.54, 1.807) is 7.11 Å². The maximum atomic E-state index is 12.1. The molecule has 0 spiro atoms. The van der Waals surface area contributed by atoms with Crippen molar-refractivity contribution < 1.29 is 14.3 Å². The molecule has 0 radical (unpaired) electrons. The van der Waals surface area contributed by atoms with Gasteiger partial charge in [-0.15, -0.1) is 5.10 Å². The van der Waals surface area contributed by atoms with Gasteiger partial charge < -0.3 is 9.47 Å². The fourth-order valence-electron chi connectivity index (χ4n) is 1.72. The zero-order valence-electron chi connectivity index (χ0n) is 12.3. The smallest absolute Gasteiger partial charge is 0.352 e. The Morgan fingerprint density at radius 2 is 2.00 bits per heavy atom. The first-order valence-electron chi connectivity index (χ1n) is 6.75. The van der Waals surface area contributed by atoms with Gasteiger partial charge in [0.05, 0.1) is 13.7 Å². The predicted molar refractivity (Wildman–Crippen MR) is 81.6 cm³/mol. The van der Waals surface area contributed by atoms with Crippen LogP contribution in [-0.4, -0.2) is 29.3 Å². The molecular formula is C15H18N2O3S. The van der Waals surface area contributed by atoms with Crippen molar-refractivity contribution in [3.8, 4) is 17.0 Å². The average Bonchev–Trinajstić information content (AvgIpc) is 2.96. The van der Waals surface area contributed by atoms with Crippen LogP contribution in [0.5, 0.6) is 5.75 Å². The Bertz CT molecular complexity index is 593. The van der Waals surface area contributed by atoms with E-state index in [4.69, 9.17) is 9.47 Å². The van der Waals surface area contributed by atoms with E-state index in [2.05, 4.69) is 23.4 Å². The standard InChI is InChI=1S/C15H18N2O3S/c1-10(2)8-9-20-15(18)14-13(16-17-21-14)11-4-6-12(19-3)7-5-11/h4-7,10H,8-9H2,1-3H3. The fraction of sp³-hybridized carbons (Fsp3) is 0.400. The SMILES string of the molecule is COc1ccc(-c2nnsc2C(=O)OCCC(C)C)cc1. The largest absolute Gasteiger partial charge is 0.497 e. The van der Waals surface area contributed by atoms with Crippen molar-refractivity contribution in [2.24, 2.45) is 5.92 Å². The van der Waals surface area contributed by atoms with Crippen molar-refractivity contribution in [2.75, 3.05) is 13.7 Å². The molecule has 0 aliphatic heterocycles. The van der Waals surface area contributed by atoms with Crippen molar-refractivity contribution >= 4 is 17.5 Å². The van der Waals surface area contributed by atoms with Crippen LogP contribution in [0.1, 0.15) is 29.9 Å². The van der Waals surface area contributed by atoms with Gasteiger partial charge in [-0.3, -0.25) is 0 Å². The molecular weight excluding hydrogens is 288 g/mol. The van der Waals surface area contributed by atoms with E-state index in [0.29, 0.717) is 23.1 Å². The molecule has 0 saturated carbocycles. The first kappa shape index (κ1) is 15.4. The predicted octanol–water partition coefficient (Wildman–Crippen LogP) is 3.42. The van der Waals surface area contributed by atoms with E-state index in [0.717, 1.165) is 29.3 Å². The van der Waals surface area contributed by atoms with Gasteiger partial charge >= 0.3 is 5.97 Å². The number of methoxy groups -OCH3 is 1. The Kier molecular flexibility index (Phi) is 5.27. The van der Waals surface area contributed by atoms with Gasteiger partial charge in [0.25, 0.3) is 0 Å². The second-order valence-electron chi connectivity index (χ2n) is 5.00. The van der Waals surface area contributed by atoms with Crippen LogP contribution >= 0.6 is 11.5 Å². The second-order valence-corrected chi connectivity index (χ2v) is 5.75. The molecule has 0 unspecified atom stereocenters. The van der Waals surface area contributed by atoms with Crippen LogP contribution < -0.4 is 4.74 Å². The van der Waals surface area contributed by atoms with E-state index in [9.17, 15) is 4.79 Å². The van der Waals surface area contributed by atoms with Crippen molar-refractivity contribution in [3.63, 3.8) is 0 Å². The zero-order valence-corrected chi connectivity index (χ0v) is 13.1. The first-order valence-corrected chi connectivity index (χ1v) is 7.53. The Morgan fingerprint density at radius 1 is 1.29 bits per heavy atom. The van der Waals surface area contributed by atoms with Gasteiger partial charge in [-0.2, -0.15) is 0 Å². The van der Waals surface area contributed by atoms with Crippen LogP contribution in [0.2, 0.25) is 0 Å². The quantitative estimate of drug-likeness (QED) is 0.765. The minimum atomic E-state index is -0.364. The van der Waals surface area contributed by atoms with Gasteiger partial charge in [0.2, 0.25) is 0 Å². The van der Waals surface area contributed by atoms with Crippen LogP contribution in [0.15, 0.2) is 24.3 Å². The number of carbonyl (C=O) groups is 1. The fourth-order valence-corrected chi connectivity index (χ4v) is 2.30. The summed E-state index contributed by atoms with van der Waals surface area (Å²) >= 11 is 1.05. The minimum absolute atomic E-state index is 0.364. The summed E-state index contributed by atoms with van der Waals surface area (Å²) in [7, 11) is 1.61. The topological polar surface area (TPSA) is 61.3 Å². The highest BCUT2D eigenvalue weighted by Crippen LogP contribution is 2.26. The van der Waals surface area contributed by atoms with Gasteiger partial charge in [-0.25, -0.2) is 4.79 Å². The molecule has 5 nitrogen and oxygen atoms in total. The molecule has 0 aliphatic rings. The number of hydrogen-bond acceptors (Lipinski definition) is 6. The summed E-state index contributed by atoms with van der Waals surface area (Å²) in [6.07, 6.45) is 0.843. The Morgan fingerprint density at radius 3 is 2.62 bits per heavy atom. The summed E-state index contributed by atoms with van der Waals surface area (Å²) < 4.78 is 14.3. The van der Waals surface area contributed by atoms with E-state index in [1.165, 1.54) is 0 Å². The normalized spacial score (nSPS) is 10.7. The number of benzene rings is 1. The molecule has 2 rings (SSSR count). The highest BCUT2D eigenvalue weighted by molar-refractivity contribution is 7.08. The number of esters is 1. The molecule has 6 heteroatoms. The molecule has 21 heavy (non-hydrogen) atoms. The summed E-state index contributed by atoms with van der Waals surface area (Å²) in [6, 6.07) is 7.34. The third-order valence-electron chi connectivity index (χ3n) is 2.97. The highest BCUT2D eigenvalue weighted by atomic mass is 32.1. The van der Waals surface area contributed by atoms with Crippen LogP contribution in [0.25, 0.3) is 11.3 Å². The summed E-state index contributed by atoms with van der Waals surface area (Å²) in [4.78, 5) is 12.5. The van der Waals surface area contributed by atoms with Crippen molar-refractivity contribution in [3.05, 3.63) is 29.1 Å². The summed E-state index contributed by atoms with van der Waals surface area (Å²) in [5.41, 5.74) is 1.37. The molecule has 0 aliphatic carbocycles. The van der Waals surface area contributed by atoms with Gasteiger partial charge in [-0.05, 0) is 48.1 Å². The lowest BCUT2D eigenvalue weighted by molar-refractivity contribution is 0.0494. The van der Waals surface area contributed by atoms with Crippen LogP contribution in [-0.2, 0) is 4.74 Å². The molecule has 1 aromatic carbocycles. The lowest BCUT2D eigenvalue weighted by atomic mass is 10.1. The third-order valence-corrected chi connectivity index (χ3v) is 3.67. The Balaban J connectivity index is 2.11.